The highest BCUT2D eigenvalue weighted by Crippen LogP contribution is 2.30. The first-order valence-electron chi connectivity index (χ1n) is 7.95. The lowest BCUT2D eigenvalue weighted by molar-refractivity contribution is 0.598. The minimum Gasteiger partial charge on any atom is -0.279 e. The maximum absolute atomic E-state index is 12.5. The standard InChI is InChI=1S/C16H20N2O4S3/c1-3-14-6-8-16(23-14)25(21,22)17-15-7-5-13(11-12(15)2)18-9-4-10-24(18,19)20/h5-8,11,17H,3-4,9-10H2,1-2H3. The van der Waals surface area contributed by atoms with E-state index in [1.54, 1.807) is 31.2 Å². The van der Waals surface area contributed by atoms with E-state index in [0.29, 0.717) is 29.9 Å². The summed E-state index contributed by atoms with van der Waals surface area (Å²) in [5.41, 5.74) is 1.70. The summed E-state index contributed by atoms with van der Waals surface area (Å²) >= 11 is 1.25. The van der Waals surface area contributed by atoms with Crippen LogP contribution in [0.2, 0.25) is 0 Å². The molecule has 1 N–H and O–H groups in total. The molecule has 1 aromatic carbocycles. The zero-order valence-electron chi connectivity index (χ0n) is 14.0. The average molecular weight is 401 g/mol. The highest BCUT2D eigenvalue weighted by Gasteiger charge is 2.28. The lowest BCUT2D eigenvalue weighted by Crippen LogP contribution is -2.25. The molecule has 0 radical (unpaired) electrons. The van der Waals surface area contributed by atoms with Crippen molar-refractivity contribution in [3.8, 4) is 0 Å². The Morgan fingerprint density at radius 2 is 2.00 bits per heavy atom. The quantitative estimate of drug-likeness (QED) is 0.836. The smallest absolute Gasteiger partial charge is 0.271 e. The number of anilines is 2. The van der Waals surface area contributed by atoms with Crippen LogP contribution in [-0.4, -0.2) is 29.1 Å². The predicted molar refractivity (Wildman–Crippen MR) is 101 cm³/mol. The molecule has 25 heavy (non-hydrogen) atoms. The number of aryl methyl sites for hydroxylation is 2. The number of rotatable bonds is 5. The largest absolute Gasteiger partial charge is 0.279 e. The van der Waals surface area contributed by atoms with Crippen LogP contribution in [0.15, 0.2) is 34.5 Å². The van der Waals surface area contributed by atoms with Crippen molar-refractivity contribution in [2.24, 2.45) is 0 Å². The van der Waals surface area contributed by atoms with Gasteiger partial charge in [0.25, 0.3) is 10.0 Å². The molecule has 0 aliphatic carbocycles. The number of hydrogen-bond donors (Lipinski definition) is 1. The lowest BCUT2D eigenvalue weighted by Gasteiger charge is -2.18. The summed E-state index contributed by atoms with van der Waals surface area (Å²) < 4.78 is 53.3. The Bertz CT molecular complexity index is 994. The lowest BCUT2D eigenvalue weighted by atomic mass is 10.2. The van der Waals surface area contributed by atoms with E-state index in [4.69, 9.17) is 0 Å². The van der Waals surface area contributed by atoms with Gasteiger partial charge in [0.1, 0.15) is 4.21 Å². The fourth-order valence-corrected chi connectivity index (χ4v) is 6.72. The third-order valence-corrected chi connectivity index (χ3v) is 9.05. The van der Waals surface area contributed by atoms with Crippen LogP contribution >= 0.6 is 11.3 Å². The van der Waals surface area contributed by atoms with E-state index >= 15 is 0 Å². The van der Waals surface area contributed by atoms with Gasteiger partial charge in [0.05, 0.1) is 17.1 Å². The van der Waals surface area contributed by atoms with Crippen molar-refractivity contribution in [2.75, 3.05) is 21.3 Å². The van der Waals surface area contributed by atoms with Crippen LogP contribution in [0.3, 0.4) is 0 Å². The molecule has 0 atom stereocenters. The maximum Gasteiger partial charge on any atom is 0.271 e. The van der Waals surface area contributed by atoms with Crippen molar-refractivity contribution < 1.29 is 16.8 Å². The molecule has 0 amide bonds. The summed E-state index contributed by atoms with van der Waals surface area (Å²) in [6.45, 7) is 4.20. The van der Waals surface area contributed by atoms with Gasteiger partial charge in [-0.2, -0.15) is 0 Å². The maximum atomic E-state index is 12.5. The van der Waals surface area contributed by atoms with Gasteiger partial charge in [-0.15, -0.1) is 11.3 Å². The topological polar surface area (TPSA) is 83.6 Å². The minimum absolute atomic E-state index is 0.151. The van der Waals surface area contributed by atoms with E-state index < -0.39 is 20.0 Å². The van der Waals surface area contributed by atoms with Crippen LogP contribution in [0.1, 0.15) is 23.8 Å². The summed E-state index contributed by atoms with van der Waals surface area (Å²) in [6, 6.07) is 8.37. The molecule has 1 aliphatic heterocycles. The summed E-state index contributed by atoms with van der Waals surface area (Å²) in [5, 5.41) is 0. The molecule has 3 rings (SSSR count). The Morgan fingerprint density at radius 3 is 2.56 bits per heavy atom. The second-order valence-electron chi connectivity index (χ2n) is 5.92. The number of nitrogens with one attached hydrogen (secondary N) is 1. The van der Waals surface area contributed by atoms with Crippen molar-refractivity contribution >= 4 is 42.8 Å². The van der Waals surface area contributed by atoms with Gasteiger partial charge >= 0.3 is 0 Å². The second-order valence-corrected chi connectivity index (χ2v) is 11.0. The molecule has 0 saturated carbocycles. The highest BCUT2D eigenvalue weighted by atomic mass is 32.2. The van der Waals surface area contributed by atoms with Crippen LogP contribution in [0.4, 0.5) is 11.4 Å². The van der Waals surface area contributed by atoms with Gasteiger partial charge in [-0.1, -0.05) is 6.92 Å². The summed E-state index contributed by atoms with van der Waals surface area (Å²) in [4.78, 5) is 1.01. The minimum atomic E-state index is -3.64. The fourth-order valence-electron chi connectivity index (χ4n) is 2.73. The number of hydrogen-bond acceptors (Lipinski definition) is 5. The zero-order chi connectivity index (χ0) is 18.2. The Balaban J connectivity index is 1.86. The van der Waals surface area contributed by atoms with Gasteiger partial charge in [-0.25, -0.2) is 16.8 Å². The number of sulfonamides is 2. The first-order chi connectivity index (χ1) is 11.7. The molecule has 136 valence electrons. The fraction of sp³-hybridized carbons (Fsp3) is 0.375. The molecule has 1 saturated heterocycles. The molecule has 0 bridgehead atoms. The Morgan fingerprint density at radius 1 is 1.24 bits per heavy atom. The molecule has 0 unspecified atom stereocenters. The summed E-state index contributed by atoms with van der Waals surface area (Å²) in [6.07, 6.45) is 1.39. The predicted octanol–water partition coefficient (Wildman–Crippen LogP) is 2.96. The average Bonchev–Trinajstić information content (AvgIpc) is 3.15. The van der Waals surface area contributed by atoms with E-state index in [-0.39, 0.29) is 9.96 Å². The molecule has 1 fully saturated rings. The molecule has 0 spiro atoms. The highest BCUT2D eigenvalue weighted by molar-refractivity contribution is 7.94. The Kier molecular flexibility index (Phi) is 4.82. The Labute approximate surface area is 152 Å². The molecular formula is C16H20N2O4S3. The summed E-state index contributed by atoms with van der Waals surface area (Å²) in [7, 11) is -6.89. The van der Waals surface area contributed by atoms with Crippen molar-refractivity contribution in [1.29, 1.82) is 0 Å². The van der Waals surface area contributed by atoms with Crippen LogP contribution in [0.25, 0.3) is 0 Å². The van der Waals surface area contributed by atoms with E-state index in [1.165, 1.54) is 15.6 Å². The molecule has 9 heteroatoms. The first-order valence-corrected chi connectivity index (χ1v) is 11.9. The normalized spacial score (nSPS) is 17.0. The van der Waals surface area contributed by atoms with Crippen molar-refractivity contribution in [2.45, 2.75) is 30.9 Å². The Hall–Kier alpha value is -1.58. The van der Waals surface area contributed by atoms with Gasteiger partial charge in [0, 0.05) is 11.4 Å². The van der Waals surface area contributed by atoms with Crippen molar-refractivity contribution in [3.63, 3.8) is 0 Å². The number of benzene rings is 1. The van der Waals surface area contributed by atoms with Crippen LogP contribution in [0.5, 0.6) is 0 Å². The van der Waals surface area contributed by atoms with E-state index in [9.17, 15) is 16.8 Å². The van der Waals surface area contributed by atoms with E-state index in [2.05, 4.69) is 4.72 Å². The summed E-state index contributed by atoms with van der Waals surface area (Å²) in [5.74, 6) is 0.151. The third kappa shape index (κ3) is 3.68. The van der Waals surface area contributed by atoms with Crippen LogP contribution < -0.4 is 9.03 Å². The molecule has 2 aromatic rings. The SMILES string of the molecule is CCc1ccc(S(=O)(=O)Nc2ccc(N3CCCS3(=O)=O)cc2C)s1. The number of nitrogens with zero attached hydrogens (tertiary/aromatic N) is 1. The second kappa shape index (κ2) is 6.62. The monoisotopic (exact) mass is 400 g/mol. The number of thiophene rings is 1. The van der Waals surface area contributed by atoms with Crippen molar-refractivity contribution in [1.82, 2.24) is 0 Å². The first kappa shape index (κ1) is 18.2. The molecule has 2 heterocycles. The van der Waals surface area contributed by atoms with E-state index in [1.807, 2.05) is 13.0 Å². The van der Waals surface area contributed by atoms with Crippen LogP contribution in [-0.2, 0) is 26.5 Å². The van der Waals surface area contributed by atoms with Crippen LogP contribution in [0, 0.1) is 6.92 Å². The molecule has 1 aromatic heterocycles. The molecular weight excluding hydrogens is 380 g/mol. The third-order valence-electron chi connectivity index (χ3n) is 4.09. The molecule has 1 aliphatic rings. The van der Waals surface area contributed by atoms with Gasteiger partial charge in [-0.3, -0.25) is 9.03 Å². The van der Waals surface area contributed by atoms with E-state index in [0.717, 1.165) is 11.3 Å². The zero-order valence-corrected chi connectivity index (χ0v) is 16.5. The van der Waals surface area contributed by atoms with Gasteiger partial charge in [-0.05, 0) is 55.7 Å². The molecule has 6 nitrogen and oxygen atoms in total. The van der Waals surface area contributed by atoms with Gasteiger partial charge in [0.15, 0.2) is 0 Å². The van der Waals surface area contributed by atoms with Gasteiger partial charge < -0.3 is 0 Å². The van der Waals surface area contributed by atoms with Crippen molar-refractivity contribution in [3.05, 3.63) is 40.8 Å². The van der Waals surface area contributed by atoms with Gasteiger partial charge in [0.2, 0.25) is 10.0 Å².